The van der Waals surface area contributed by atoms with E-state index in [4.69, 9.17) is 0 Å². The van der Waals surface area contributed by atoms with Crippen LogP contribution < -0.4 is 0 Å². The highest BCUT2D eigenvalue weighted by Crippen LogP contribution is 2.23. The minimum absolute atomic E-state index is 0.336. The Morgan fingerprint density at radius 3 is 1.25 bits per heavy atom. The lowest BCUT2D eigenvalue weighted by Gasteiger charge is -2.31. The molecule has 0 spiro atoms. The highest BCUT2D eigenvalue weighted by atomic mass is 16.2. The fourth-order valence-electron chi connectivity index (χ4n) is 4.96. The normalized spacial score (nSPS) is 18.8. The van der Waals surface area contributed by atoms with E-state index in [0.29, 0.717) is 36.7 Å². The van der Waals surface area contributed by atoms with E-state index in [2.05, 4.69) is 0 Å². The molecule has 0 aromatic heterocycles. The van der Waals surface area contributed by atoms with Crippen LogP contribution in [-0.2, 0) is 9.59 Å². The summed E-state index contributed by atoms with van der Waals surface area (Å²) in [6.45, 7) is 0. The smallest absolute Gasteiger partial charge is 0.222 e. The van der Waals surface area contributed by atoms with E-state index < -0.39 is 0 Å². The molecular weight excluding hydrogens is 348 g/mol. The van der Waals surface area contributed by atoms with Gasteiger partial charge in [0.15, 0.2) is 0 Å². The zero-order chi connectivity index (χ0) is 20.2. The SMILES string of the molecule is CN(C(=O)CCCCCCCCC(=O)N(C)C1CCCCC1)C1CCCCC1. The van der Waals surface area contributed by atoms with Crippen LogP contribution in [0.5, 0.6) is 0 Å². The summed E-state index contributed by atoms with van der Waals surface area (Å²) in [6, 6.07) is 0.982. The second kappa shape index (κ2) is 13.2. The van der Waals surface area contributed by atoms with E-state index >= 15 is 0 Å². The van der Waals surface area contributed by atoms with E-state index in [1.54, 1.807) is 0 Å². The minimum atomic E-state index is 0.336. The van der Waals surface area contributed by atoms with E-state index in [1.807, 2.05) is 23.9 Å². The van der Waals surface area contributed by atoms with Crippen molar-refractivity contribution >= 4 is 11.8 Å². The third-order valence-corrected chi connectivity index (χ3v) is 7.06. The second-order valence-electron chi connectivity index (χ2n) is 9.21. The summed E-state index contributed by atoms with van der Waals surface area (Å²) in [6.07, 6.45) is 20.6. The molecule has 0 aromatic rings. The van der Waals surface area contributed by atoms with Crippen molar-refractivity contribution in [2.75, 3.05) is 14.1 Å². The van der Waals surface area contributed by atoms with Crippen molar-refractivity contribution in [3.63, 3.8) is 0 Å². The van der Waals surface area contributed by atoms with Crippen LogP contribution in [0.15, 0.2) is 0 Å². The molecule has 2 fully saturated rings. The maximum atomic E-state index is 12.3. The average Bonchev–Trinajstić information content (AvgIpc) is 2.75. The van der Waals surface area contributed by atoms with Crippen LogP contribution in [0.1, 0.15) is 116 Å². The van der Waals surface area contributed by atoms with Gasteiger partial charge in [0.05, 0.1) is 0 Å². The zero-order valence-corrected chi connectivity index (χ0v) is 18.6. The van der Waals surface area contributed by atoms with Crippen molar-refractivity contribution in [1.82, 2.24) is 9.80 Å². The first-order valence-electron chi connectivity index (χ1n) is 12.1. The van der Waals surface area contributed by atoms with Crippen LogP contribution in [0.25, 0.3) is 0 Å². The summed E-state index contributed by atoms with van der Waals surface area (Å²) in [7, 11) is 4.00. The number of hydrogen-bond acceptors (Lipinski definition) is 2. The van der Waals surface area contributed by atoms with Crippen molar-refractivity contribution < 1.29 is 9.59 Å². The van der Waals surface area contributed by atoms with Gasteiger partial charge < -0.3 is 9.80 Å². The van der Waals surface area contributed by atoms with E-state index in [-0.39, 0.29) is 0 Å². The molecule has 0 N–H and O–H groups in total. The summed E-state index contributed by atoms with van der Waals surface area (Å²) < 4.78 is 0. The first kappa shape index (κ1) is 23.2. The van der Waals surface area contributed by atoms with Gasteiger partial charge in [-0.1, -0.05) is 64.2 Å². The number of hydrogen-bond donors (Lipinski definition) is 0. The van der Waals surface area contributed by atoms with Gasteiger partial charge >= 0.3 is 0 Å². The summed E-state index contributed by atoms with van der Waals surface area (Å²) in [5.41, 5.74) is 0. The molecule has 2 amide bonds. The van der Waals surface area contributed by atoms with Crippen LogP contribution in [0.4, 0.5) is 0 Å². The van der Waals surface area contributed by atoms with Gasteiger partial charge in [0.25, 0.3) is 0 Å². The monoisotopic (exact) mass is 392 g/mol. The Kier molecular flexibility index (Phi) is 11.0. The molecule has 0 saturated heterocycles. The van der Waals surface area contributed by atoms with Gasteiger partial charge in [-0.05, 0) is 38.5 Å². The molecule has 0 aliphatic heterocycles. The molecule has 0 heterocycles. The maximum absolute atomic E-state index is 12.3. The van der Waals surface area contributed by atoms with Crippen molar-refractivity contribution in [2.45, 2.75) is 128 Å². The fourth-order valence-corrected chi connectivity index (χ4v) is 4.96. The van der Waals surface area contributed by atoms with Crippen LogP contribution in [-0.4, -0.2) is 47.8 Å². The predicted molar refractivity (Wildman–Crippen MR) is 116 cm³/mol. The fraction of sp³-hybridized carbons (Fsp3) is 0.917. The lowest BCUT2D eigenvalue weighted by molar-refractivity contribution is -0.133. The Balaban J connectivity index is 1.44. The zero-order valence-electron chi connectivity index (χ0n) is 18.6. The largest absolute Gasteiger partial charge is 0.343 e. The Morgan fingerprint density at radius 2 is 0.893 bits per heavy atom. The molecule has 4 heteroatoms. The molecule has 2 aliphatic carbocycles. The summed E-state index contributed by atoms with van der Waals surface area (Å²) >= 11 is 0. The predicted octanol–water partition coefficient (Wildman–Crippen LogP) is 5.69. The van der Waals surface area contributed by atoms with E-state index in [0.717, 1.165) is 25.7 Å². The number of unbranched alkanes of at least 4 members (excludes halogenated alkanes) is 5. The Labute approximate surface area is 173 Å². The molecule has 0 bridgehead atoms. The van der Waals surface area contributed by atoms with E-state index in [9.17, 15) is 9.59 Å². The standard InChI is InChI=1S/C24H44N2O2/c1-25(21-15-9-7-10-16-21)23(27)19-13-5-3-4-6-14-20-24(28)26(2)22-17-11-8-12-18-22/h21-22H,3-20H2,1-2H3. The van der Waals surface area contributed by atoms with Crippen molar-refractivity contribution in [1.29, 1.82) is 0 Å². The number of rotatable bonds is 11. The van der Waals surface area contributed by atoms with Gasteiger partial charge in [-0.25, -0.2) is 0 Å². The van der Waals surface area contributed by atoms with Gasteiger partial charge in [-0.3, -0.25) is 9.59 Å². The quantitative estimate of drug-likeness (QED) is 0.424. The molecule has 162 valence electrons. The van der Waals surface area contributed by atoms with Gasteiger partial charge in [-0.2, -0.15) is 0 Å². The van der Waals surface area contributed by atoms with Crippen LogP contribution in [0.2, 0.25) is 0 Å². The third kappa shape index (κ3) is 8.13. The molecule has 4 nitrogen and oxygen atoms in total. The second-order valence-corrected chi connectivity index (χ2v) is 9.21. The Bertz CT molecular complexity index is 412. The average molecular weight is 393 g/mol. The van der Waals surface area contributed by atoms with Gasteiger partial charge in [-0.15, -0.1) is 0 Å². The topological polar surface area (TPSA) is 40.6 Å². The molecule has 0 unspecified atom stereocenters. The lowest BCUT2D eigenvalue weighted by Crippen LogP contribution is -2.38. The first-order chi connectivity index (χ1) is 13.6. The molecular formula is C24H44N2O2. The van der Waals surface area contributed by atoms with Crippen molar-refractivity contribution in [2.24, 2.45) is 0 Å². The molecule has 0 radical (unpaired) electrons. The summed E-state index contributed by atoms with van der Waals surface area (Å²) in [4.78, 5) is 28.7. The van der Waals surface area contributed by atoms with Crippen LogP contribution >= 0.6 is 0 Å². The lowest BCUT2D eigenvalue weighted by atomic mass is 9.94. The van der Waals surface area contributed by atoms with Gasteiger partial charge in [0.1, 0.15) is 0 Å². The highest BCUT2D eigenvalue weighted by molar-refractivity contribution is 5.76. The molecule has 2 rings (SSSR count). The molecule has 2 saturated carbocycles. The van der Waals surface area contributed by atoms with Crippen molar-refractivity contribution in [3.8, 4) is 0 Å². The molecule has 0 aromatic carbocycles. The Morgan fingerprint density at radius 1 is 0.571 bits per heavy atom. The first-order valence-corrected chi connectivity index (χ1v) is 12.1. The van der Waals surface area contributed by atoms with Crippen molar-refractivity contribution in [3.05, 3.63) is 0 Å². The van der Waals surface area contributed by atoms with Gasteiger partial charge in [0, 0.05) is 39.0 Å². The Hall–Kier alpha value is -1.06. The van der Waals surface area contributed by atoms with Gasteiger partial charge in [0.2, 0.25) is 11.8 Å². The molecule has 0 atom stereocenters. The number of carbonyl (C=O) groups is 2. The summed E-state index contributed by atoms with van der Waals surface area (Å²) in [5.74, 6) is 0.673. The highest BCUT2D eigenvalue weighted by Gasteiger charge is 2.22. The maximum Gasteiger partial charge on any atom is 0.222 e. The third-order valence-electron chi connectivity index (χ3n) is 7.06. The van der Waals surface area contributed by atoms with Crippen LogP contribution in [0.3, 0.4) is 0 Å². The summed E-state index contributed by atoms with van der Waals surface area (Å²) in [5, 5.41) is 0. The number of amides is 2. The van der Waals surface area contributed by atoms with Crippen LogP contribution in [0, 0.1) is 0 Å². The van der Waals surface area contributed by atoms with E-state index in [1.165, 1.54) is 77.0 Å². The minimum Gasteiger partial charge on any atom is -0.343 e. The number of carbonyl (C=O) groups excluding carboxylic acids is 2. The molecule has 2 aliphatic rings. The number of nitrogens with zero attached hydrogens (tertiary/aromatic N) is 2. The molecule has 28 heavy (non-hydrogen) atoms.